The lowest BCUT2D eigenvalue weighted by molar-refractivity contribution is -0.271. The number of ether oxygens (including phenoxy) is 4. The van der Waals surface area contributed by atoms with Crippen molar-refractivity contribution in [1.29, 1.82) is 0 Å². The number of piperazine rings is 1. The number of hydrogen-bond acceptors (Lipinski definition) is 21. The number of nitrogens with one attached hydrogen (secondary N) is 3. The van der Waals surface area contributed by atoms with E-state index in [4.69, 9.17) is 33.7 Å². The summed E-state index contributed by atoms with van der Waals surface area (Å²) >= 11 is 0. The predicted molar refractivity (Wildman–Crippen MR) is 283 cm³/mol. The number of aliphatic hydroxyl groups excluding tert-OH is 3. The van der Waals surface area contributed by atoms with Gasteiger partial charge in [0.1, 0.15) is 35.3 Å². The van der Waals surface area contributed by atoms with Gasteiger partial charge in [-0.2, -0.15) is 4.98 Å². The first kappa shape index (κ1) is 60.0. The topological polar surface area (TPSA) is 361 Å². The largest absolute Gasteiger partial charge is 0.496 e. The van der Waals surface area contributed by atoms with Crippen molar-refractivity contribution < 1.29 is 81.9 Å². The molecule has 28 heteroatoms. The number of rotatable bonds is 30. The SMILES string of the molecule is CCCCCNc1nc(N)nc2ccn(Cc3ccc(CN4CCN(CCOP(=O)(O)OCc5ccc(O[C@@H]6O[C@H](C(=O)O)[C@@H](O)[C@H](O)[C@H]6O)c(NC(=O)CCNC(=O)CCOCCN6C(=O)C=CC6=O)c5)CC4)cc3OC)c12. The number of carbonyl (C=O) groups excluding carboxylic acids is 4. The van der Waals surface area contributed by atoms with Crippen LogP contribution in [0.4, 0.5) is 17.5 Å². The summed E-state index contributed by atoms with van der Waals surface area (Å²) in [7, 11) is -2.98. The smallest absolute Gasteiger partial charge is 0.472 e. The minimum absolute atomic E-state index is 0.0169. The van der Waals surface area contributed by atoms with E-state index in [9.17, 15) is 53.9 Å². The molecule has 2 saturated heterocycles. The van der Waals surface area contributed by atoms with E-state index in [1.165, 1.54) is 18.2 Å². The molecule has 3 aliphatic heterocycles. The van der Waals surface area contributed by atoms with E-state index in [0.29, 0.717) is 38.5 Å². The Hall–Kier alpha value is -6.62. The van der Waals surface area contributed by atoms with Gasteiger partial charge in [0.2, 0.25) is 24.1 Å². The molecular weight excluding hydrogens is 1060 g/mol. The minimum atomic E-state index is -4.63. The van der Waals surface area contributed by atoms with Gasteiger partial charge in [-0.25, -0.2) is 14.3 Å². The number of hydrogen-bond donors (Lipinski definition) is 9. The molecule has 0 aliphatic carbocycles. The summed E-state index contributed by atoms with van der Waals surface area (Å²) < 4.78 is 48.0. The predicted octanol–water partition coefficient (Wildman–Crippen LogP) is 1.17. The van der Waals surface area contributed by atoms with Crippen LogP contribution >= 0.6 is 7.82 Å². The highest BCUT2D eigenvalue weighted by atomic mass is 31.2. The van der Waals surface area contributed by atoms with E-state index >= 15 is 0 Å². The number of aliphatic carboxylic acids is 1. The fourth-order valence-corrected chi connectivity index (χ4v) is 9.60. The molecule has 5 heterocycles. The first-order valence-electron chi connectivity index (χ1n) is 25.9. The molecule has 0 saturated carbocycles. The van der Waals surface area contributed by atoms with Crippen molar-refractivity contribution in [2.24, 2.45) is 0 Å². The molecule has 79 heavy (non-hydrogen) atoms. The van der Waals surface area contributed by atoms with Gasteiger partial charge in [0.05, 0.1) is 57.8 Å². The molecule has 2 fully saturated rings. The fourth-order valence-electron chi connectivity index (χ4n) is 8.90. The van der Waals surface area contributed by atoms with E-state index in [0.717, 1.165) is 83.9 Å². The normalized spacial score (nSPS) is 20.6. The Morgan fingerprint density at radius 2 is 1.57 bits per heavy atom. The number of aliphatic hydroxyl groups is 3. The molecule has 10 N–H and O–H groups in total. The number of carboxylic acids is 1. The molecule has 2 aromatic heterocycles. The van der Waals surface area contributed by atoms with E-state index in [-0.39, 0.29) is 68.7 Å². The highest BCUT2D eigenvalue weighted by Crippen LogP contribution is 2.44. The van der Waals surface area contributed by atoms with E-state index in [1.54, 1.807) is 7.11 Å². The summed E-state index contributed by atoms with van der Waals surface area (Å²) in [4.78, 5) is 85.6. The van der Waals surface area contributed by atoms with Crippen molar-refractivity contribution in [3.8, 4) is 11.5 Å². The number of nitrogens with zero attached hydrogens (tertiary/aromatic N) is 6. The number of carbonyl (C=O) groups is 5. The highest BCUT2D eigenvalue weighted by Gasteiger charge is 2.48. The number of phosphoric ester groups is 1. The molecule has 27 nitrogen and oxygen atoms in total. The maximum absolute atomic E-state index is 13.2. The maximum Gasteiger partial charge on any atom is 0.472 e. The van der Waals surface area contributed by atoms with Crippen molar-refractivity contribution in [2.45, 2.75) is 89.4 Å². The molecule has 0 radical (unpaired) electrons. The number of nitrogen functional groups attached to an aromatic ring is 1. The second kappa shape index (κ2) is 28.5. The molecule has 3 aliphatic rings. The number of phosphoric acid groups is 1. The Kier molecular flexibility index (Phi) is 21.7. The van der Waals surface area contributed by atoms with Gasteiger partial charge in [-0.15, -0.1) is 0 Å². The summed E-state index contributed by atoms with van der Waals surface area (Å²) in [5, 5.41) is 49.2. The van der Waals surface area contributed by atoms with Crippen LogP contribution in [0.3, 0.4) is 0 Å². The van der Waals surface area contributed by atoms with Crippen LogP contribution in [0.15, 0.2) is 60.8 Å². The monoisotopic (exact) mass is 1120 g/mol. The van der Waals surface area contributed by atoms with Crippen LogP contribution in [0.2, 0.25) is 0 Å². The summed E-state index contributed by atoms with van der Waals surface area (Å²) in [5.74, 6) is -2.22. The van der Waals surface area contributed by atoms with Crippen LogP contribution in [-0.2, 0) is 66.8 Å². The lowest BCUT2D eigenvalue weighted by atomic mass is 9.99. The van der Waals surface area contributed by atoms with Gasteiger partial charge in [0, 0.05) is 89.1 Å². The Morgan fingerprint density at radius 3 is 2.30 bits per heavy atom. The number of imide groups is 1. The molecule has 4 aromatic rings. The van der Waals surface area contributed by atoms with Crippen molar-refractivity contribution in [3.05, 3.63) is 77.5 Å². The zero-order chi connectivity index (χ0) is 56.6. The minimum Gasteiger partial charge on any atom is -0.496 e. The lowest BCUT2D eigenvalue weighted by Crippen LogP contribution is -2.61. The van der Waals surface area contributed by atoms with Crippen molar-refractivity contribution in [3.63, 3.8) is 0 Å². The quantitative estimate of drug-likeness (QED) is 0.0201. The number of methoxy groups -OCH3 is 1. The first-order chi connectivity index (χ1) is 37.9. The number of carboxylic acid groups (broad SMARTS) is 1. The molecule has 2 aromatic carbocycles. The first-order valence-corrected chi connectivity index (χ1v) is 27.4. The summed E-state index contributed by atoms with van der Waals surface area (Å²) in [6.07, 6.45) is -2.61. The van der Waals surface area contributed by atoms with Gasteiger partial charge in [0.25, 0.3) is 11.8 Å². The average Bonchev–Trinajstić information content (AvgIpc) is 4.02. The molecular formula is C51H69N10O17P. The van der Waals surface area contributed by atoms with Gasteiger partial charge in [-0.1, -0.05) is 38.0 Å². The number of benzene rings is 2. The molecule has 1 unspecified atom stereocenters. The summed E-state index contributed by atoms with van der Waals surface area (Å²) in [6, 6.07) is 12.1. The Labute approximate surface area is 455 Å². The van der Waals surface area contributed by atoms with Gasteiger partial charge >= 0.3 is 13.8 Å². The third-order valence-electron chi connectivity index (χ3n) is 13.2. The maximum atomic E-state index is 13.2. The second-order valence-electron chi connectivity index (χ2n) is 18.9. The zero-order valence-electron chi connectivity index (χ0n) is 43.9. The van der Waals surface area contributed by atoms with E-state index in [2.05, 4.69) is 59.3 Å². The third kappa shape index (κ3) is 16.9. The van der Waals surface area contributed by atoms with Crippen LogP contribution in [0, 0.1) is 0 Å². The second-order valence-corrected chi connectivity index (χ2v) is 20.4. The molecule has 7 rings (SSSR count). The summed E-state index contributed by atoms with van der Waals surface area (Å²) in [6.45, 7) is 6.56. The standard InChI is InChI=1S/C51H69N10O17P/c1-3-4-5-15-54-48-43-35(56-51(52)57-48)13-17-60(43)30-34-8-6-32(28-38(34)73-2)29-59-20-18-58(19-21-59)22-26-75-79(71,72)76-31-33-7-9-37(77-50-46(68)44(66)45(67)47(78-50)49(69)70)36(27-33)55-40(63)12-16-53-39(62)14-24-74-25-23-61-41(64)10-11-42(61)65/h6-11,13,17,27-28,44-47,50,66-68H,3-5,12,14-16,18-26,29-31H2,1-2H3,(H,53,62)(H,55,63)(H,69,70)(H,71,72)(H3,52,54,56,57)/t44-,45-,46+,47-,50+/m0/s1. The van der Waals surface area contributed by atoms with Crippen molar-refractivity contribution >= 4 is 65.9 Å². The summed E-state index contributed by atoms with van der Waals surface area (Å²) in [5.41, 5.74) is 9.85. The van der Waals surface area contributed by atoms with Crippen molar-refractivity contribution in [1.82, 2.24) is 34.6 Å². The molecule has 6 atom stereocenters. The molecule has 0 spiro atoms. The number of aromatic nitrogens is 3. The Bertz CT molecular complexity index is 2830. The zero-order valence-corrected chi connectivity index (χ0v) is 44.8. The van der Waals surface area contributed by atoms with Gasteiger partial charge in [0.15, 0.2) is 11.9 Å². The van der Waals surface area contributed by atoms with Crippen molar-refractivity contribution in [2.75, 3.05) is 95.7 Å². The van der Waals surface area contributed by atoms with Crippen LogP contribution in [-0.4, -0.2) is 194 Å². The van der Waals surface area contributed by atoms with Crippen LogP contribution in [0.25, 0.3) is 11.0 Å². The Balaban J connectivity index is 0.869. The van der Waals surface area contributed by atoms with E-state index in [1.807, 2.05) is 18.3 Å². The highest BCUT2D eigenvalue weighted by molar-refractivity contribution is 7.47. The molecule has 4 amide bonds. The number of anilines is 3. The number of fused-ring (bicyclic) bond motifs is 1. The molecule has 430 valence electrons. The number of unbranched alkanes of at least 4 members (excludes halogenated alkanes) is 2. The fraction of sp³-hybridized carbons (Fsp3) is 0.510. The van der Waals surface area contributed by atoms with Crippen LogP contribution in [0.5, 0.6) is 11.5 Å². The average molecular weight is 1130 g/mol. The Morgan fingerprint density at radius 1 is 0.823 bits per heavy atom. The number of nitrogens with two attached hydrogens (primary N) is 1. The van der Waals surface area contributed by atoms with Crippen LogP contribution < -0.4 is 31.2 Å². The molecule has 0 bridgehead atoms. The van der Waals surface area contributed by atoms with Gasteiger partial charge in [-0.3, -0.25) is 42.9 Å². The van der Waals surface area contributed by atoms with Crippen LogP contribution in [0.1, 0.15) is 55.7 Å². The van der Waals surface area contributed by atoms with Gasteiger partial charge < -0.3 is 70.5 Å². The van der Waals surface area contributed by atoms with Gasteiger partial charge in [-0.05, 0) is 41.8 Å². The third-order valence-corrected chi connectivity index (χ3v) is 14.2. The lowest BCUT2D eigenvalue weighted by Gasteiger charge is -2.38. The number of amides is 4. The van der Waals surface area contributed by atoms with E-state index < -0.39 is 74.7 Å².